The van der Waals surface area contributed by atoms with E-state index in [1.165, 1.54) is 0 Å². The van der Waals surface area contributed by atoms with E-state index < -0.39 is 0 Å². The summed E-state index contributed by atoms with van der Waals surface area (Å²) in [5, 5.41) is 18.1. The molecule has 1 aromatic carbocycles. The third kappa shape index (κ3) is 2.44. The number of H-pyrrole nitrogens is 1. The summed E-state index contributed by atoms with van der Waals surface area (Å²) in [4.78, 5) is 11.9. The molecule has 7 nitrogen and oxygen atoms in total. The molecule has 3 rings (SSSR count). The molecule has 0 aliphatic carbocycles. The second kappa shape index (κ2) is 4.89. The summed E-state index contributed by atoms with van der Waals surface area (Å²) >= 11 is 0. The van der Waals surface area contributed by atoms with Gasteiger partial charge >= 0.3 is 0 Å². The van der Waals surface area contributed by atoms with Gasteiger partial charge in [-0.05, 0) is 12.1 Å². The number of aromatic nitrogens is 5. The Kier molecular flexibility index (Phi) is 2.93. The van der Waals surface area contributed by atoms with Crippen LogP contribution in [0.4, 0.5) is 0 Å². The smallest absolute Gasteiger partial charge is 0.251 e. The number of benzene rings is 1. The molecule has 3 aromatic rings. The molecule has 2 N–H and O–H groups in total. The van der Waals surface area contributed by atoms with E-state index in [1.807, 2.05) is 6.07 Å². The average Bonchev–Trinajstić information content (AvgIpc) is 3.08. The summed E-state index contributed by atoms with van der Waals surface area (Å²) < 4.78 is 1.67. The van der Waals surface area contributed by atoms with Crippen molar-refractivity contribution in [3.05, 3.63) is 42.4 Å². The first-order valence-corrected chi connectivity index (χ1v) is 5.88. The van der Waals surface area contributed by atoms with Gasteiger partial charge in [-0.25, -0.2) is 0 Å². The van der Waals surface area contributed by atoms with Crippen LogP contribution in [0.25, 0.3) is 10.9 Å². The summed E-state index contributed by atoms with van der Waals surface area (Å²) in [5.41, 5.74) is 1.46. The fourth-order valence-electron chi connectivity index (χ4n) is 1.82. The van der Waals surface area contributed by atoms with E-state index in [0.717, 1.165) is 10.9 Å². The minimum absolute atomic E-state index is 0.114. The molecule has 0 radical (unpaired) electrons. The minimum Gasteiger partial charge on any atom is -0.350 e. The number of nitrogens with one attached hydrogen (secondary N) is 2. The van der Waals surface area contributed by atoms with Crippen LogP contribution in [0.1, 0.15) is 10.4 Å². The standard InChI is InChI=1S/C12H12N6O/c19-12(13-3-5-18-6-4-14-17-18)9-1-2-10-8-15-16-11(10)7-9/h1-2,4,6-8H,3,5H2,(H,13,19)(H,15,16). The van der Waals surface area contributed by atoms with E-state index in [0.29, 0.717) is 18.7 Å². The van der Waals surface area contributed by atoms with Crippen molar-refractivity contribution in [2.45, 2.75) is 6.54 Å². The van der Waals surface area contributed by atoms with Crippen LogP contribution in [0.15, 0.2) is 36.8 Å². The van der Waals surface area contributed by atoms with Gasteiger partial charge in [-0.15, -0.1) is 5.10 Å². The highest BCUT2D eigenvalue weighted by atomic mass is 16.1. The Labute approximate surface area is 108 Å². The third-order valence-corrected chi connectivity index (χ3v) is 2.80. The lowest BCUT2D eigenvalue weighted by Gasteiger charge is -2.05. The van der Waals surface area contributed by atoms with Gasteiger partial charge in [0.05, 0.1) is 24.5 Å². The van der Waals surface area contributed by atoms with Crippen molar-refractivity contribution in [1.82, 2.24) is 30.5 Å². The molecule has 7 heteroatoms. The minimum atomic E-state index is -0.114. The second-order valence-electron chi connectivity index (χ2n) is 4.09. The molecule has 0 spiro atoms. The number of amides is 1. The molecule has 2 heterocycles. The second-order valence-corrected chi connectivity index (χ2v) is 4.09. The number of nitrogens with zero attached hydrogens (tertiary/aromatic N) is 4. The molecule has 0 aliphatic rings. The van der Waals surface area contributed by atoms with E-state index in [4.69, 9.17) is 0 Å². The molecule has 0 fully saturated rings. The summed E-state index contributed by atoms with van der Waals surface area (Å²) in [6.45, 7) is 1.10. The lowest BCUT2D eigenvalue weighted by molar-refractivity contribution is 0.0952. The monoisotopic (exact) mass is 256 g/mol. The maximum absolute atomic E-state index is 11.9. The zero-order valence-electron chi connectivity index (χ0n) is 10.1. The van der Waals surface area contributed by atoms with Gasteiger partial charge in [-0.2, -0.15) is 5.10 Å². The highest BCUT2D eigenvalue weighted by Crippen LogP contribution is 2.12. The van der Waals surface area contributed by atoms with Crippen LogP contribution in [-0.2, 0) is 6.54 Å². The number of aromatic amines is 1. The molecule has 0 saturated heterocycles. The molecule has 0 aliphatic heterocycles. The van der Waals surface area contributed by atoms with Crippen LogP contribution in [-0.4, -0.2) is 37.6 Å². The fourth-order valence-corrected chi connectivity index (χ4v) is 1.82. The van der Waals surface area contributed by atoms with Gasteiger partial charge < -0.3 is 5.32 Å². The highest BCUT2D eigenvalue weighted by Gasteiger charge is 2.06. The van der Waals surface area contributed by atoms with Crippen molar-refractivity contribution in [2.24, 2.45) is 0 Å². The van der Waals surface area contributed by atoms with Crippen molar-refractivity contribution < 1.29 is 4.79 Å². The summed E-state index contributed by atoms with van der Waals surface area (Å²) in [5.74, 6) is -0.114. The number of carbonyl (C=O) groups is 1. The van der Waals surface area contributed by atoms with Crippen LogP contribution in [0.2, 0.25) is 0 Å². The first kappa shape index (κ1) is 11.4. The Morgan fingerprint density at radius 1 is 1.42 bits per heavy atom. The SMILES string of the molecule is O=C(NCCn1ccnn1)c1ccc2cn[nH]c2c1. The quantitative estimate of drug-likeness (QED) is 0.714. The van der Waals surface area contributed by atoms with E-state index >= 15 is 0 Å². The van der Waals surface area contributed by atoms with Gasteiger partial charge in [0.1, 0.15) is 0 Å². The molecule has 2 aromatic heterocycles. The zero-order chi connectivity index (χ0) is 13.1. The van der Waals surface area contributed by atoms with E-state index in [-0.39, 0.29) is 5.91 Å². The number of carbonyl (C=O) groups excluding carboxylic acids is 1. The van der Waals surface area contributed by atoms with Crippen molar-refractivity contribution in [3.63, 3.8) is 0 Å². The van der Waals surface area contributed by atoms with Crippen LogP contribution < -0.4 is 5.32 Å². The summed E-state index contributed by atoms with van der Waals surface area (Å²) in [7, 11) is 0. The van der Waals surface area contributed by atoms with Gasteiger partial charge in [0.25, 0.3) is 5.91 Å². The Balaban J connectivity index is 1.63. The van der Waals surface area contributed by atoms with Crippen molar-refractivity contribution in [1.29, 1.82) is 0 Å². The maximum Gasteiger partial charge on any atom is 0.251 e. The maximum atomic E-state index is 11.9. The van der Waals surface area contributed by atoms with Crippen LogP contribution in [0, 0.1) is 0 Å². The topological polar surface area (TPSA) is 88.5 Å². The molecule has 96 valence electrons. The number of hydrogen-bond donors (Lipinski definition) is 2. The van der Waals surface area contributed by atoms with Crippen LogP contribution in [0.5, 0.6) is 0 Å². The first-order valence-electron chi connectivity index (χ1n) is 5.88. The van der Waals surface area contributed by atoms with Gasteiger partial charge in [0, 0.05) is 23.7 Å². The summed E-state index contributed by atoms with van der Waals surface area (Å²) in [6, 6.07) is 5.43. The molecule has 19 heavy (non-hydrogen) atoms. The lowest BCUT2D eigenvalue weighted by Crippen LogP contribution is -2.27. The Bertz CT molecular complexity index is 687. The number of fused-ring (bicyclic) bond motifs is 1. The van der Waals surface area contributed by atoms with Gasteiger partial charge in [0.2, 0.25) is 0 Å². The largest absolute Gasteiger partial charge is 0.350 e. The van der Waals surface area contributed by atoms with Crippen LogP contribution in [0.3, 0.4) is 0 Å². The molecule has 1 amide bonds. The van der Waals surface area contributed by atoms with E-state index in [2.05, 4.69) is 25.8 Å². The molecule has 0 atom stereocenters. The van der Waals surface area contributed by atoms with E-state index in [1.54, 1.807) is 35.4 Å². The van der Waals surface area contributed by atoms with Gasteiger partial charge in [-0.1, -0.05) is 11.3 Å². The normalized spacial score (nSPS) is 10.7. The van der Waals surface area contributed by atoms with E-state index in [9.17, 15) is 4.79 Å². The number of rotatable bonds is 4. The van der Waals surface area contributed by atoms with Gasteiger partial charge in [-0.3, -0.25) is 14.6 Å². The Hall–Kier alpha value is -2.70. The molecular weight excluding hydrogens is 244 g/mol. The van der Waals surface area contributed by atoms with Gasteiger partial charge in [0.15, 0.2) is 0 Å². The summed E-state index contributed by atoms with van der Waals surface area (Å²) in [6.07, 6.45) is 5.08. The lowest BCUT2D eigenvalue weighted by atomic mass is 10.1. The van der Waals surface area contributed by atoms with Crippen molar-refractivity contribution in [3.8, 4) is 0 Å². The Morgan fingerprint density at radius 2 is 2.37 bits per heavy atom. The van der Waals surface area contributed by atoms with Crippen LogP contribution >= 0.6 is 0 Å². The van der Waals surface area contributed by atoms with Crippen molar-refractivity contribution >= 4 is 16.8 Å². The third-order valence-electron chi connectivity index (χ3n) is 2.80. The van der Waals surface area contributed by atoms with Crippen molar-refractivity contribution in [2.75, 3.05) is 6.54 Å². The number of hydrogen-bond acceptors (Lipinski definition) is 4. The predicted octanol–water partition coefficient (Wildman–Crippen LogP) is 0.584. The first-order chi connectivity index (χ1) is 9.33. The Morgan fingerprint density at radius 3 is 3.21 bits per heavy atom. The fraction of sp³-hybridized carbons (Fsp3) is 0.167. The molecule has 0 saturated carbocycles. The molecule has 0 unspecified atom stereocenters. The predicted molar refractivity (Wildman–Crippen MR) is 68.4 cm³/mol. The molecular formula is C12H12N6O. The highest BCUT2D eigenvalue weighted by molar-refractivity contribution is 5.97. The molecule has 0 bridgehead atoms. The zero-order valence-corrected chi connectivity index (χ0v) is 10.1. The average molecular weight is 256 g/mol.